The van der Waals surface area contributed by atoms with Crippen LogP contribution >= 0.6 is 0 Å². The highest BCUT2D eigenvalue weighted by Gasteiger charge is 2.21. The van der Waals surface area contributed by atoms with Crippen LogP contribution in [0, 0.1) is 13.8 Å². The zero-order valence-electron chi connectivity index (χ0n) is 11.9. The molecule has 6 nitrogen and oxygen atoms in total. The van der Waals surface area contributed by atoms with Crippen LogP contribution in [0.3, 0.4) is 0 Å². The standard InChI is InChI=1S/C13H23N5O/c1-9-13(10(2)17-16-9)15-12(19)8-18-6-4-5-11(7-18)14-3/h11,14H,4-8H2,1-3H3,(H,15,19)(H,16,17). The van der Waals surface area contributed by atoms with Gasteiger partial charge in [-0.05, 0) is 40.3 Å². The maximum absolute atomic E-state index is 12.1. The number of H-pyrrole nitrogens is 1. The number of nitrogens with one attached hydrogen (secondary N) is 3. The van der Waals surface area contributed by atoms with Crippen LogP contribution in [0.4, 0.5) is 5.69 Å². The van der Waals surface area contributed by atoms with Gasteiger partial charge in [-0.25, -0.2) is 0 Å². The number of hydrogen-bond acceptors (Lipinski definition) is 4. The van der Waals surface area contributed by atoms with Gasteiger partial charge >= 0.3 is 0 Å². The molecule has 6 heteroatoms. The van der Waals surface area contributed by atoms with E-state index in [9.17, 15) is 4.79 Å². The van der Waals surface area contributed by atoms with Crippen molar-refractivity contribution in [3.8, 4) is 0 Å². The molecule has 1 saturated heterocycles. The lowest BCUT2D eigenvalue weighted by molar-refractivity contribution is -0.117. The van der Waals surface area contributed by atoms with Crippen molar-refractivity contribution in [3.05, 3.63) is 11.4 Å². The summed E-state index contributed by atoms with van der Waals surface area (Å²) in [7, 11) is 1.98. The van der Waals surface area contributed by atoms with Crippen LogP contribution in [-0.2, 0) is 4.79 Å². The molecule has 1 atom stereocenters. The van der Waals surface area contributed by atoms with E-state index < -0.39 is 0 Å². The van der Waals surface area contributed by atoms with Gasteiger partial charge in [-0.15, -0.1) is 0 Å². The third-order valence-corrected chi connectivity index (χ3v) is 3.67. The number of aromatic nitrogens is 2. The first-order chi connectivity index (χ1) is 9.10. The maximum Gasteiger partial charge on any atom is 0.238 e. The number of rotatable bonds is 4. The fraction of sp³-hybridized carbons (Fsp3) is 0.692. The van der Waals surface area contributed by atoms with Crippen molar-refractivity contribution in [3.63, 3.8) is 0 Å². The van der Waals surface area contributed by atoms with E-state index in [0.717, 1.165) is 36.6 Å². The van der Waals surface area contributed by atoms with E-state index in [1.165, 1.54) is 6.42 Å². The molecule has 1 amide bonds. The van der Waals surface area contributed by atoms with Crippen molar-refractivity contribution in [1.29, 1.82) is 0 Å². The molecule has 106 valence electrons. The lowest BCUT2D eigenvalue weighted by Gasteiger charge is -2.31. The Balaban J connectivity index is 1.87. The molecule has 1 fully saturated rings. The number of aryl methyl sites for hydroxylation is 2. The molecule has 0 aliphatic carbocycles. The number of hydrogen-bond donors (Lipinski definition) is 3. The third kappa shape index (κ3) is 3.54. The smallest absolute Gasteiger partial charge is 0.238 e. The highest BCUT2D eigenvalue weighted by molar-refractivity contribution is 5.93. The van der Waals surface area contributed by atoms with Gasteiger partial charge in [0.05, 0.1) is 23.6 Å². The quantitative estimate of drug-likeness (QED) is 0.747. The second-order valence-corrected chi connectivity index (χ2v) is 5.22. The lowest BCUT2D eigenvalue weighted by Crippen LogP contribution is -2.46. The van der Waals surface area contributed by atoms with E-state index in [2.05, 4.69) is 25.7 Å². The molecular weight excluding hydrogens is 242 g/mol. The van der Waals surface area contributed by atoms with E-state index in [-0.39, 0.29) is 5.91 Å². The summed E-state index contributed by atoms with van der Waals surface area (Å²) in [5, 5.41) is 13.2. The van der Waals surface area contributed by atoms with Crippen LogP contribution in [0.1, 0.15) is 24.2 Å². The van der Waals surface area contributed by atoms with E-state index >= 15 is 0 Å². The summed E-state index contributed by atoms with van der Waals surface area (Å²) in [5.41, 5.74) is 2.54. The van der Waals surface area contributed by atoms with Crippen molar-refractivity contribution in [2.75, 3.05) is 32.0 Å². The Kier molecular flexibility index (Phi) is 4.55. The molecule has 2 heterocycles. The Bertz CT molecular complexity index is 423. The van der Waals surface area contributed by atoms with Crippen molar-refractivity contribution in [1.82, 2.24) is 20.4 Å². The summed E-state index contributed by atoms with van der Waals surface area (Å²) in [6, 6.07) is 0.499. The zero-order valence-corrected chi connectivity index (χ0v) is 11.9. The first-order valence-electron chi connectivity index (χ1n) is 6.81. The fourth-order valence-corrected chi connectivity index (χ4v) is 2.55. The molecule has 3 N–H and O–H groups in total. The van der Waals surface area contributed by atoms with Crippen molar-refractivity contribution >= 4 is 11.6 Å². The number of carbonyl (C=O) groups is 1. The molecule has 2 rings (SSSR count). The Morgan fingerprint density at radius 2 is 2.32 bits per heavy atom. The average Bonchev–Trinajstić information content (AvgIpc) is 2.71. The second-order valence-electron chi connectivity index (χ2n) is 5.22. The second kappa shape index (κ2) is 6.16. The fourth-order valence-electron chi connectivity index (χ4n) is 2.55. The minimum Gasteiger partial charge on any atom is -0.322 e. The topological polar surface area (TPSA) is 73.1 Å². The van der Waals surface area contributed by atoms with Crippen LogP contribution in [0.2, 0.25) is 0 Å². The average molecular weight is 265 g/mol. The molecule has 19 heavy (non-hydrogen) atoms. The van der Waals surface area contributed by atoms with Crippen LogP contribution in [0.15, 0.2) is 0 Å². The van der Waals surface area contributed by atoms with Crippen molar-refractivity contribution < 1.29 is 4.79 Å². The minimum atomic E-state index is 0.0318. The monoisotopic (exact) mass is 265 g/mol. The number of amides is 1. The van der Waals surface area contributed by atoms with E-state index in [1.807, 2.05) is 20.9 Å². The molecular formula is C13H23N5O. The molecule has 0 saturated carbocycles. The van der Waals surface area contributed by atoms with Gasteiger partial charge in [-0.1, -0.05) is 0 Å². The Hall–Kier alpha value is -1.40. The molecule has 0 bridgehead atoms. The number of likely N-dealkylation sites (tertiary alicyclic amines) is 1. The molecule has 1 aromatic rings. The van der Waals surface area contributed by atoms with E-state index in [1.54, 1.807) is 0 Å². The van der Waals surface area contributed by atoms with Gasteiger partial charge in [-0.2, -0.15) is 5.10 Å². The van der Waals surface area contributed by atoms with Gasteiger partial charge in [0.25, 0.3) is 0 Å². The summed E-state index contributed by atoms with van der Waals surface area (Å²) in [5.74, 6) is 0.0318. The minimum absolute atomic E-state index is 0.0318. The van der Waals surface area contributed by atoms with Gasteiger partial charge in [0.15, 0.2) is 0 Å². The first-order valence-corrected chi connectivity index (χ1v) is 6.81. The normalized spacial score (nSPS) is 20.5. The van der Waals surface area contributed by atoms with E-state index in [4.69, 9.17) is 0 Å². The third-order valence-electron chi connectivity index (χ3n) is 3.67. The van der Waals surface area contributed by atoms with E-state index in [0.29, 0.717) is 12.6 Å². The highest BCUT2D eigenvalue weighted by Crippen LogP contribution is 2.16. The Labute approximate surface area is 113 Å². The number of piperidine rings is 1. The molecule has 1 unspecified atom stereocenters. The van der Waals surface area contributed by atoms with Crippen LogP contribution < -0.4 is 10.6 Å². The largest absolute Gasteiger partial charge is 0.322 e. The van der Waals surface area contributed by atoms with Gasteiger partial charge in [0.1, 0.15) is 0 Å². The molecule has 1 aliphatic rings. The summed E-state index contributed by atoms with van der Waals surface area (Å²) in [4.78, 5) is 14.3. The SMILES string of the molecule is CNC1CCCN(CC(=O)Nc2c(C)n[nH]c2C)C1. The number of nitrogens with zero attached hydrogens (tertiary/aromatic N) is 2. The number of carbonyl (C=O) groups excluding carboxylic acids is 1. The van der Waals surface area contributed by atoms with Crippen LogP contribution in [-0.4, -0.2) is 53.7 Å². The number of aromatic amines is 1. The zero-order chi connectivity index (χ0) is 13.8. The predicted octanol–water partition coefficient (Wildman–Crippen LogP) is 0.649. The van der Waals surface area contributed by atoms with Crippen LogP contribution in [0.25, 0.3) is 0 Å². The van der Waals surface area contributed by atoms with Gasteiger partial charge < -0.3 is 10.6 Å². The summed E-state index contributed by atoms with van der Waals surface area (Å²) in [6.45, 7) is 6.18. The number of likely N-dealkylation sites (N-methyl/N-ethyl adjacent to an activating group) is 1. The molecule has 0 radical (unpaired) electrons. The molecule has 1 aliphatic heterocycles. The molecule has 0 aromatic carbocycles. The van der Waals surface area contributed by atoms with Gasteiger partial charge in [-0.3, -0.25) is 14.8 Å². The number of anilines is 1. The molecule has 1 aromatic heterocycles. The van der Waals surface area contributed by atoms with Crippen molar-refractivity contribution in [2.24, 2.45) is 0 Å². The summed E-state index contributed by atoms with van der Waals surface area (Å²) >= 11 is 0. The summed E-state index contributed by atoms with van der Waals surface area (Å²) < 4.78 is 0. The maximum atomic E-state index is 12.1. The predicted molar refractivity (Wildman–Crippen MR) is 75.2 cm³/mol. The summed E-state index contributed by atoms with van der Waals surface area (Å²) in [6.07, 6.45) is 2.33. The van der Waals surface area contributed by atoms with Crippen molar-refractivity contribution in [2.45, 2.75) is 32.7 Å². The van der Waals surface area contributed by atoms with Gasteiger partial charge in [0, 0.05) is 12.6 Å². The first kappa shape index (κ1) is 14.0. The van der Waals surface area contributed by atoms with Gasteiger partial charge in [0.2, 0.25) is 5.91 Å². The highest BCUT2D eigenvalue weighted by atomic mass is 16.2. The Morgan fingerprint density at radius 1 is 1.53 bits per heavy atom. The lowest BCUT2D eigenvalue weighted by atomic mass is 10.1. The van der Waals surface area contributed by atoms with Crippen LogP contribution in [0.5, 0.6) is 0 Å². The Morgan fingerprint density at radius 3 is 2.95 bits per heavy atom. The molecule has 0 spiro atoms.